The van der Waals surface area contributed by atoms with Crippen LogP contribution in [0.1, 0.15) is 25.3 Å². The summed E-state index contributed by atoms with van der Waals surface area (Å²) >= 11 is 0. The van der Waals surface area contributed by atoms with Crippen LogP contribution in [0.25, 0.3) is 0 Å². The Morgan fingerprint density at radius 3 is 2.86 bits per heavy atom. The predicted octanol–water partition coefficient (Wildman–Crippen LogP) is 1.90. The second kappa shape index (κ2) is 7.79. The van der Waals surface area contributed by atoms with Gasteiger partial charge in [-0.15, -0.1) is 0 Å². The third kappa shape index (κ3) is 3.76. The Hall–Kier alpha value is -2.08. The summed E-state index contributed by atoms with van der Waals surface area (Å²) in [6.07, 6.45) is 1.42. The molecule has 0 fully saturated rings. The minimum Gasteiger partial charge on any atom is -0.467 e. The average molecular weight is 307 g/mol. The van der Waals surface area contributed by atoms with Gasteiger partial charge < -0.3 is 19.1 Å². The number of nitrogens with zero attached hydrogens (tertiary/aromatic N) is 1. The van der Waals surface area contributed by atoms with Crippen molar-refractivity contribution in [1.82, 2.24) is 0 Å². The monoisotopic (exact) mass is 307 g/mol. The summed E-state index contributed by atoms with van der Waals surface area (Å²) in [6, 6.07) is 5.56. The molecular weight excluding hydrogens is 286 g/mol. The van der Waals surface area contributed by atoms with Gasteiger partial charge in [0, 0.05) is 19.2 Å². The van der Waals surface area contributed by atoms with Gasteiger partial charge in [-0.25, -0.2) is 0 Å². The van der Waals surface area contributed by atoms with Crippen molar-refractivity contribution in [2.24, 2.45) is 0 Å². The van der Waals surface area contributed by atoms with Gasteiger partial charge in [0.15, 0.2) is 6.79 Å². The quantitative estimate of drug-likeness (QED) is 0.456. The number of amides is 1. The smallest absolute Gasteiger partial charge is 0.315 e. The lowest BCUT2D eigenvalue weighted by Crippen LogP contribution is -2.37. The second-order valence-electron chi connectivity index (χ2n) is 4.94. The Balaban J connectivity index is 2.17. The highest BCUT2D eigenvalue weighted by Gasteiger charge is 2.26. The Bertz CT molecular complexity index is 543. The van der Waals surface area contributed by atoms with Crippen molar-refractivity contribution in [3.05, 3.63) is 23.8 Å². The highest BCUT2D eigenvalue weighted by molar-refractivity contribution is 6.04. The summed E-state index contributed by atoms with van der Waals surface area (Å²) in [4.78, 5) is 25.5. The van der Waals surface area contributed by atoms with E-state index >= 15 is 0 Å². The number of hydrogen-bond donors (Lipinski definition) is 0. The summed E-state index contributed by atoms with van der Waals surface area (Å²) in [5.41, 5.74) is 1.78. The Morgan fingerprint density at radius 1 is 1.32 bits per heavy atom. The Morgan fingerprint density at radius 2 is 2.14 bits per heavy atom. The fourth-order valence-corrected chi connectivity index (χ4v) is 2.54. The standard InChI is InChI=1S/C16H21NO5/c1-3-21-16(19)10-15(18)17-9-5-6-12-13(17)7-4-8-14(12)22-11-20-2/h4,7-8H,3,5-6,9-11H2,1-2H3. The maximum atomic E-state index is 12.3. The van der Waals surface area contributed by atoms with Gasteiger partial charge in [-0.3, -0.25) is 9.59 Å². The fourth-order valence-electron chi connectivity index (χ4n) is 2.54. The number of hydrogen-bond acceptors (Lipinski definition) is 5. The van der Waals surface area contributed by atoms with E-state index in [1.54, 1.807) is 18.9 Å². The molecule has 1 aliphatic rings. The third-order valence-corrected chi connectivity index (χ3v) is 3.44. The van der Waals surface area contributed by atoms with Crippen LogP contribution in [-0.4, -0.2) is 38.9 Å². The summed E-state index contributed by atoms with van der Waals surface area (Å²) < 4.78 is 15.3. The van der Waals surface area contributed by atoms with Gasteiger partial charge in [0.05, 0.1) is 12.3 Å². The maximum Gasteiger partial charge on any atom is 0.315 e. The first-order chi connectivity index (χ1) is 10.7. The molecule has 1 aliphatic heterocycles. The highest BCUT2D eigenvalue weighted by Crippen LogP contribution is 2.34. The molecule has 1 aromatic carbocycles. The van der Waals surface area contributed by atoms with Gasteiger partial charge in [0.25, 0.3) is 0 Å². The number of carbonyl (C=O) groups excluding carboxylic acids is 2. The molecule has 6 nitrogen and oxygen atoms in total. The zero-order chi connectivity index (χ0) is 15.9. The molecule has 1 aromatic rings. The van der Waals surface area contributed by atoms with E-state index in [1.807, 2.05) is 18.2 Å². The molecule has 0 atom stereocenters. The zero-order valence-electron chi connectivity index (χ0n) is 13.0. The van der Waals surface area contributed by atoms with Crippen molar-refractivity contribution < 1.29 is 23.8 Å². The fraction of sp³-hybridized carbons (Fsp3) is 0.500. The van der Waals surface area contributed by atoms with Crippen LogP contribution in [-0.2, 0) is 25.5 Å². The molecule has 22 heavy (non-hydrogen) atoms. The first-order valence-corrected chi connectivity index (χ1v) is 7.37. The van der Waals surface area contributed by atoms with Gasteiger partial charge in [0.1, 0.15) is 12.2 Å². The van der Waals surface area contributed by atoms with Crippen molar-refractivity contribution in [3.63, 3.8) is 0 Å². The molecule has 1 amide bonds. The third-order valence-electron chi connectivity index (χ3n) is 3.44. The van der Waals surface area contributed by atoms with Crippen LogP contribution in [0.4, 0.5) is 5.69 Å². The van der Waals surface area contributed by atoms with E-state index in [0.29, 0.717) is 12.3 Å². The molecule has 0 N–H and O–H groups in total. The van der Waals surface area contributed by atoms with E-state index in [4.69, 9.17) is 14.2 Å². The van der Waals surface area contributed by atoms with E-state index in [-0.39, 0.29) is 25.7 Å². The number of anilines is 1. The molecule has 6 heteroatoms. The van der Waals surface area contributed by atoms with Gasteiger partial charge in [-0.05, 0) is 31.9 Å². The normalized spacial score (nSPS) is 13.5. The maximum absolute atomic E-state index is 12.3. The van der Waals surface area contributed by atoms with Crippen LogP contribution >= 0.6 is 0 Å². The molecule has 0 saturated heterocycles. The van der Waals surface area contributed by atoms with E-state index in [2.05, 4.69) is 0 Å². The number of methoxy groups -OCH3 is 1. The van der Waals surface area contributed by atoms with Gasteiger partial charge in [0.2, 0.25) is 5.91 Å². The van der Waals surface area contributed by atoms with Crippen LogP contribution in [0.5, 0.6) is 5.75 Å². The molecule has 0 bridgehead atoms. The van der Waals surface area contributed by atoms with Crippen LogP contribution in [0.15, 0.2) is 18.2 Å². The number of carbonyl (C=O) groups is 2. The molecule has 1 heterocycles. The number of fused-ring (bicyclic) bond motifs is 1. The van der Waals surface area contributed by atoms with Crippen LogP contribution < -0.4 is 9.64 Å². The summed E-state index contributed by atoms with van der Waals surface area (Å²) in [7, 11) is 1.56. The molecule has 0 spiro atoms. The number of benzene rings is 1. The summed E-state index contributed by atoms with van der Waals surface area (Å²) in [5, 5.41) is 0. The molecule has 0 radical (unpaired) electrons. The topological polar surface area (TPSA) is 65.1 Å². The van der Waals surface area contributed by atoms with Gasteiger partial charge in [-0.2, -0.15) is 0 Å². The Labute approximate surface area is 129 Å². The molecular formula is C16H21NO5. The van der Waals surface area contributed by atoms with E-state index in [9.17, 15) is 9.59 Å². The van der Waals surface area contributed by atoms with E-state index < -0.39 is 5.97 Å². The van der Waals surface area contributed by atoms with Crippen molar-refractivity contribution in [2.75, 3.05) is 32.0 Å². The largest absolute Gasteiger partial charge is 0.467 e. The average Bonchev–Trinajstić information content (AvgIpc) is 2.52. The minimum absolute atomic E-state index is 0.160. The molecule has 0 aliphatic carbocycles. The molecule has 120 valence electrons. The first-order valence-electron chi connectivity index (χ1n) is 7.37. The second-order valence-corrected chi connectivity index (χ2v) is 4.94. The van der Waals surface area contributed by atoms with Crippen molar-refractivity contribution >= 4 is 17.6 Å². The highest BCUT2D eigenvalue weighted by atomic mass is 16.7. The van der Waals surface area contributed by atoms with Crippen molar-refractivity contribution in [3.8, 4) is 5.75 Å². The van der Waals surface area contributed by atoms with Crippen LogP contribution in [0, 0.1) is 0 Å². The lowest BCUT2D eigenvalue weighted by molar-refractivity contribution is -0.145. The van der Waals surface area contributed by atoms with Crippen molar-refractivity contribution in [2.45, 2.75) is 26.2 Å². The zero-order valence-corrected chi connectivity index (χ0v) is 13.0. The lowest BCUT2D eigenvalue weighted by atomic mass is 10.00. The molecule has 0 saturated carbocycles. The van der Waals surface area contributed by atoms with Crippen LogP contribution in [0.2, 0.25) is 0 Å². The SMILES string of the molecule is CCOC(=O)CC(=O)N1CCCc2c(OCOC)cccc21. The van der Waals surface area contributed by atoms with E-state index in [1.165, 1.54) is 0 Å². The summed E-state index contributed by atoms with van der Waals surface area (Å²) in [5.74, 6) is -0.0253. The van der Waals surface area contributed by atoms with Crippen LogP contribution in [0.3, 0.4) is 0 Å². The number of esters is 1. The Kier molecular flexibility index (Phi) is 5.77. The molecule has 0 aromatic heterocycles. The van der Waals surface area contributed by atoms with Crippen molar-refractivity contribution in [1.29, 1.82) is 0 Å². The predicted molar refractivity (Wildman–Crippen MR) is 80.9 cm³/mol. The number of rotatable bonds is 6. The van der Waals surface area contributed by atoms with E-state index in [0.717, 1.165) is 24.1 Å². The first kappa shape index (κ1) is 16.3. The molecule has 0 unspecified atom stereocenters. The lowest BCUT2D eigenvalue weighted by Gasteiger charge is -2.30. The van der Waals surface area contributed by atoms with Gasteiger partial charge in [-0.1, -0.05) is 6.07 Å². The minimum atomic E-state index is -0.494. The molecule has 2 rings (SSSR count). The summed E-state index contributed by atoms with van der Waals surface area (Å²) in [6.45, 7) is 2.75. The number of ether oxygens (including phenoxy) is 3. The van der Waals surface area contributed by atoms with Gasteiger partial charge >= 0.3 is 5.97 Å².